The van der Waals surface area contributed by atoms with Crippen molar-refractivity contribution < 1.29 is 61.5 Å². The van der Waals surface area contributed by atoms with Crippen LogP contribution < -0.4 is 9.80 Å². The third-order valence-corrected chi connectivity index (χ3v) is 14.7. The summed E-state index contributed by atoms with van der Waals surface area (Å²) in [7, 11) is 0. The minimum absolute atomic E-state index is 0.254. The van der Waals surface area contributed by atoms with E-state index in [9.17, 15) is 52.7 Å². The molecule has 0 spiro atoms. The largest absolute Gasteiger partial charge is 0.452 e. The number of benzene rings is 11. The molecule has 0 saturated heterocycles. The number of fused-ring (bicyclic) bond motifs is 9. The molecule has 0 N–H and O–H groups in total. The SMILES string of the molecule is FC(F)(F)c1ccc(N(c2ccc(C(F)(F)F)cc2)c2ccc3cc4c(cc3c2)oc2c3oc5cc6cc(N(c7ccc(C(F)(F)F)cc7)c7ccc(C(F)(F)F)cc7)ccc6cc5c3c(-c3ccccc3)c(-c3ccccc3)c42)cc1. The van der Waals surface area contributed by atoms with E-state index in [4.69, 9.17) is 8.83 Å². The van der Waals surface area contributed by atoms with Crippen molar-refractivity contribution in [2.45, 2.75) is 24.7 Å². The average molecular weight is 1120 g/mol. The van der Waals surface area contributed by atoms with Crippen LogP contribution >= 0.6 is 0 Å². The molecule has 16 heteroatoms. The Bertz CT molecular complexity index is 4180. The van der Waals surface area contributed by atoms with Gasteiger partial charge in [-0.05, 0) is 178 Å². The second-order valence-corrected chi connectivity index (χ2v) is 19.7. The predicted molar refractivity (Wildman–Crippen MR) is 296 cm³/mol. The molecular weight excluding hydrogens is 1080 g/mol. The van der Waals surface area contributed by atoms with Crippen LogP contribution in [0.3, 0.4) is 0 Å². The minimum Gasteiger partial charge on any atom is -0.452 e. The maximum atomic E-state index is 13.8. The molecule has 2 heterocycles. The summed E-state index contributed by atoms with van der Waals surface area (Å²) in [5.41, 5.74) is 3.26. The molecule has 0 unspecified atom stereocenters. The van der Waals surface area contributed by atoms with Gasteiger partial charge in [0, 0.05) is 66.8 Å². The molecule has 82 heavy (non-hydrogen) atoms. The number of hydrogen-bond acceptors (Lipinski definition) is 4. The van der Waals surface area contributed by atoms with Gasteiger partial charge in [-0.2, -0.15) is 52.7 Å². The Morgan fingerprint density at radius 3 is 0.829 bits per heavy atom. The van der Waals surface area contributed by atoms with Gasteiger partial charge < -0.3 is 18.6 Å². The normalized spacial score (nSPS) is 12.6. The van der Waals surface area contributed by atoms with Crippen LogP contribution in [0, 0.1) is 0 Å². The Morgan fingerprint density at radius 2 is 0.549 bits per heavy atom. The molecule has 11 aromatic carbocycles. The van der Waals surface area contributed by atoms with Crippen molar-refractivity contribution in [2.75, 3.05) is 9.80 Å². The van der Waals surface area contributed by atoms with E-state index in [0.717, 1.165) is 81.6 Å². The van der Waals surface area contributed by atoms with Crippen molar-refractivity contribution in [1.82, 2.24) is 0 Å². The third-order valence-electron chi connectivity index (χ3n) is 14.7. The summed E-state index contributed by atoms with van der Waals surface area (Å²) in [5, 5.41) is 5.55. The topological polar surface area (TPSA) is 32.8 Å². The monoisotopic (exact) mass is 1120 g/mol. The van der Waals surface area contributed by atoms with E-state index in [1.807, 2.05) is 97.1 Å². The molecule has 2 aromatic heterocycles. The Balaban J connectivity index is 1.02. The molecule has 0 bridgehead atoms. The number of hydrogen-bond donors (Lipinski definition) is 0. The van der Waals surface area contributed by atoms with Crippen LogP contribution in [0.2, 0.25) is 0 Å². The first-order valence-corrected chi connectivity index (χ1v) is 25.3. The molecule has 13 rings (SSSR count). The summed E-state index contributed by atoms with van der Waals surface area (Å²) in [6.07, 6.45) is -18.5. The number of furan rings is 2. The molecule has 0 radical (unpaired) electrons. The number of anilines is 6. The quantitative estimate of drug-likeness (QED) is 0.142. The summed E-state index contributed by atoms with van der Waals surface area (Å²) in [4.78, 5) is 3.13. The van der Waals surface area contributed by atoms with Crippen molar-refractivity contribution in [2.24, 2.45) is 0 Å². The fraction of sp³-hybridized carbons (Fsp3) is 0.0606. The molecule has 406 valence electrons. The summed E-state index contributed by atoms with van der Waals surface area (Å²) in [5.74, 6) is 0. The van der Waals surface area contributed by atoms with Gasteiger partial charge in [0.1, 0.15) is 11.2 Å². The van der Waals surface area contributed by atoms with Crippen LogP contribution in [0.15, 0.2) is 227 Å². The molecule has 0 amide bonds. The Labute approximate surface area is 456 Å². The van der Waals surface area contributed by atoms with Crippen LogP contribution in [0.4, 0.5) is 86.8 Å². The summed E-state index contributed by atoms with van der Waals surface area (Å²) in [6.45, 7) is 0. The van der Waals surface area contributed by atoms with E-state index in [1.165, 1.54) is 48.5 Å². The first-order valence-electron chi connectivity index (χ1n) is 25.3. The lowest BCUT2D eigenvalue weighted by atomic mass is 9.87. The predicted octanol–water partition coefficient (Wildman–Crippen LogP) is 22.1. The summed E-state index contributed by atoms with van der Waals surface area (Å²) in [6, 6.07) is 55.0. The zero-order valence-electron chi connectivity index (χ0n) is 42.0. The van der Waals surface area contributed by atoms with Crippen LogP contribution in [0.25, 0.3) is 87.7 Å². The zero-order chi connectivity index (χ0) is 57.0. The lowest BCUT2D eigenvalue weighted by Crippen LogP contribution is -2.12. The van der Waals surface area contributed by atoms with E-state index in [2.05, 4.69) is 0 Å². The fourth-order valence-electron chi connectivity index (χ4n) is 10.9. The van der Waals surface area contributed by atoms with Crippen LogP contribution in [0.1, 0.15) is 22.3 Å². The maximum Gasteiger partial charge on any atom is 0.416 e. The molecule has 0 atom stereocenters. The molecule has 13 aromatic rings. The highest BCUT2D eigenvalue weighted by molar-refractivity contribution is 6.31. The second kappa shape index (κ2) is 19.0. The van der Waals surface area contributed by atoms with Gasteiger partial charge in [0.2, 0.25) is 0 Å². The van der Waals surface area contributed by atoms with E-state index in [-0.39, 0.29) is 22.7 Å². The van der Waals surface area contributed by atoms with Crippen molar-refractivity contribution in [1.29, 1.82) is 0 Å². The Hall–Kier alpha value is -9.70. The number of alkyl halides is 12. The van der Waals surface area contributed by atoms with Gasteiger partial charge in [0.05, 0.1) is 22.3 Å². The van der Waals surface area contributed by atoms with Gasteiger partial charge in [0.25, 0.3) is 0 Å². The summed E-state index contributed by atoms with van der Waals surface area (Å²) >= 11 is 0. The molecule has 0 aliphatic heterocycles. The zero-order valence-corrected chi connectivity index (χ0v) is 42.0. The lowest BCUT2D eigenvalue weighted by molar-refractivity contribution is -0.138. The molecule has 0 fully saturated rings. The van der Waals surface area contributed by atoms with Gasteiger partial charge in [-0.3, -0.25) is 0 Å². The Morgan fingerprint density at radius 1 is 0.268 bits per heavy atom. The lowest BCUT2D eigenvalue weighted by Gasteiger charge is -2.26. The van der Waals surface area contributed by atoms with Gasteiger partial charge in [-0.1, -0.05) is 72.8 Å². The van der Waals surface area contributed by atoms with E-state index in [1.54, 1.807) is 34.1 Å². The maximum absolute atomic E-state index is 13.8. The summed E-state index contributed by atoms with van der Waals surface area (Å²) < 4.78 is 179. The van der Waals surface area contributed by atoms with Gasteiger partial charge in [0.15, 0.2) is 11.2 Å². The molecule has 0 aliphatic carbocycles. The number of nitrogens with zero attached hydrogens (tertiary/aromatic N) is 2. The Kier molecular flexibility index (Phi) is 12.0. The van der Waals surface area contributed by atoms with Crippen molar-refractivity contribution in [3.63, 3.8) is 0 Å². The highest BCUT2D eigenvalue weighted by Crippen LogP contribution is 2.53. The molecular formula is C66H36F12N2O2. The highest BCUT2D eigenvalue weighted by Gasteiger charge is 2.34. The first-order chi connectivity index (χ1) is 39.2. The van der Waals surface area contributed by atoms with Crippen molar-refractivity contribution in [3.05, 3.63) is 241 Å². The van der Waals surface area contributed by atoms with Crippen LogP contribution in [-0.2, 0) is 24.7 Å². The van der Waals surface area contributed by atoms with Gasteiger partial charge >= 0.3 is 24.7 Å². The van der Waals surface area contributed by atoms with E-state index in [0.29, 0.717) is 66.0 Å². The number of halogens is 12. The standard InChI is InChI=1S/C66H36F12N2O2/c67-63(68,69)43-13-23-47(24-14-43)79(48-25-15-44(16-26-48)64(70,71)72)51-21-11-39-33-53-55(35-41(39)31-51)81-61-59(53)57(37-7-3-1-4-8-37)58(38-9-5-2-6-10-38)60-54-34-40-12-22-52(32-42(40)36-56(54)82-62(60)61)80(49-27-17-45(18-28-49)65(73,74)75)50-29-19-46(20-30-50)66(76,77)78/h1-36H. The second-order valence-electron chi connectivity index (χ2n) is 19.7. The van der Waals surface area contributed by atoms with Crippen LogP contribution in [-0.4, -0.2) is 0 Å². The molecule has 0 aliphatic rings. The van der Waals surface area contributed by atoms with Gasteiger partial charge in [-0.25, -0.2) is 0 Å². The average Bonchev–Trinajstić information content (AvgIpc) is 1.94. The minimum atomic E-state index is -4.64. The highest BCUT2D eigenvalue weighted by atomic mass is 19.4. The van der Waals surface area contributed by atoms with Crippen LogP contribution in [0.5, 0.6) is 0 Å². The molecule has 0 saturated carbocycles. The van der Waals surface area contributed by atoms with Gasteiger partial charge in [-0.15, -0.1) is 0 Å². The molecule has 4 nitrogen and oxygen atoms in total. The smallest absolute Gasteiger partial charge is 0.416 e. The van der Waals surface area contributed by atoms with Crippen molar-refractivity contribution in [3.8, 4) is 22.3 Å². The fourth-order valence-corrected chi connectivity index (χ4v) is 10.9. The number of rotatable bonds is 8. The van der Waals surface area contributed by atoms with Crippen molar-refractivity contribution >= 4 is 99.5 Å². The third kappa shape index (κ3) is 9.13. The van der Waals surface area contributed by atoms with E-state index >= 15 is 0 Å². The first kappa shape index (κ1) is 51.7. The van der Waals surface area contributed by atoms with E-state index < -0.39 is 47.0 Å².